The van der Waals surface area contributed by atoms with E-state index in [0.29, 0.717) is 37.6 Å². The molecule has 1 fully saturated rings. The predicted octanol–water partition coefficient (Wildman–Crippen LogP) is 3.36. The third kappa shape index (κ3) is 4.68. The van der Waals surface area contributed by atoms with E-state index in [2.05, 4.69) is 15.3 Å². The van der Waals surface area contributed by atoms with Gasteiger partial charge in [-0.3, -0.25) is 14.9 Å². The minimum Gasteiger partial charge on any atom is -0.431 e. The second-order valence-corrected chi connectivity index (χ2v) is 7.47. The largest absolute Gasteiger partial charge is 0.431 e. The molecule has 4 heterocycles. The van der Waals surface area contributed by atoms with Gasteiger partial charge in [0.25, 0.3) is 11.8 Å². The number of amides is 2. The molecule has 1 aliphatic rings. The number of oxazole rings is 1. The van der Waals surface area contributed by atoms with Crippen molar-refractivity contribution in [3.8, 4) is 0 Å². The highest BCUT2D eigenvalue weighted by molar-refractivity contribution is 7.08. The van der Waals surface area contributed by atoms with Crippen molar-refractivity contribution < 1.29 is 27.2 Å². The van der Waals surface area contributed by atoms with E-state index in [-0.39, 0.29) is 23.5 Å². The molecule has 0 spiro atoms. The van der Waals surface area contributed by atoms with E-state index in [1.54, 1.807) is 26.6 Å². The first kappa shape index (κ1) is 20.8. The molecule has 1 N–H and O–H groups in total. The summed E-state index contributed by atoms with van der Waals surface area (Å²) in [7, 11) is 0. The molecule has 0 atom stereocenters. The van der Waals surface area contributed by atoms with Crippen LogP contribution in [-0.2, 0) is 6.18 Å². The zero-order valence-electron chi connectivity index (χ0n) is 15.9. The SMILES string of the molecule is O=C(Nc1nc(C(=O)N2CCN(c3ccc(C(F)(F)F)cn3)CC2)co1)c1ccsc1. The lowest BCUT2D eigenvalue weighted by molar-refractivity contribution is -0.137. The third-order valence-corrected chi connectivity index (χ3v) is 5.38. The van der Waals surface area contributed by atoms with E-state index in [9.17, 15) is 22.8 Å². The van der Waals surface area contributed by atoms with Crippen LogP contribution in [0.1, 0.15) is 26.4 Å². The summed E-state index contributed by atoms with van der Waals surface area (Å²) in [4.78, 5) is 36.0. The van der Waals surface area contributed by atoms with E-state index < -0.39 is 11.7 Å². The number of halogens is 3. The number of carbonyl (C=O) groups is 2. The Kier molecular flexibility index (Phi) is 5.63. The standard InChI is InChI=1S/C19H16F3N5O3S/c20-19(21,22)13-1-2-15(23-9-13)26-4-6-27(7-5-26)17(29)14-10-30-18(24-14)25-16(28)12-3-8-31-11-12/h1-3,8-11H,4-7H2,(H,24,25,28). The summed E-state index contributed by atoms with van der Waals surface area (Å²) in [6.07, 6.45) is -2.46. The quantitative estimate of drug-likeness (QED) is 0.654. The van der Waals surface area contributed by atoms with E-state index >= 15 is 0 Å². The van der Waals surface area contributed by atoms with Crippen molar-refractivity contribution in [1.29, 1.82) is 0 Å². The molecule has 31 heavy (non-hydrogen) atoms. The molecule has 0 bridgehead atoms. The maximum Gasteiger partial charge on any atom is 0.417 e. The molecule has 4 rings (SSSR count). The number of anilines is 2. The van der Waals surface area contributed by atoms with Crippen LogP contribution in [0, 0.1) is 0 Å². The molecule has 2 amide bonds. The lowest BCUT2D eigenvalue weighted by Gasteiger charge is -2.35. The number of hydrogen-bond acceptors (Lipinski definition) is 7. The topological polar surface area (TPSA) is 91.6 Å². The van der Waals surface area contributed by atoms with Crippen LogP contribution in [0.4, 0.5) is 25.0 Å². The van der Waals surface area contributed by atoms with Crippen LogP contribution < -0.4 is 10.2 Å². The van der Waals surface area contributed by atoms with Crippen molar-refractivity contribution in [1.82, 2.24) is 14.9 Å². The molecule has 0 unspecified atom stereocenters. The zero-order valence-corrected chi connectivity index (χ0v) is 16.7. The van der Waals surface area contributed by atoms with Crippen molar-refractivity contribution in [2.45, 2.75) is 6.18 Å². The third-order valence-electron chi connectivity index (χ3n) is 4.69. The first-order valence-corrected chi connectivity index (χ1v) is 10.1. The van der Waals surface area contributed by atoms with Gasteiger partial charge in [-0.05, 0) is 23.6 Å². The van der Waals surface area contributed by atoms with Gasteiger partial charge in [0.05, 0.1) is 11.1 Å². The monoisotopic (exact) mass is 451 g/mol. The van der Waals surface area contributed by atoms with Gasteiger partial charge in [0, 0.05) is 37.8 Å². The van der Waals surface area contributed by atoms with Gasteiger partial charge < -0.3 is 14.2 Å². The molecule has 3 aromatic heterocycles. The Bertz CT molecular complexity index is 1060. The van der Waals surface area contributed by atoms with E-state index in [4.69, 9.17) is 4.42 Å². The van der Waals surface area contributed by atoms with Crippen LogP contribution in [0.5, 0.6) is 0 Å². The van der Waals surface area contributed by atoms with Crippen LogP contribution in [0.15, 0.2) is 45.8 Å². The van der Waals surface area contributed by atoms with Crippen molar-refractivity contribution >= 4 is 35.0 Å². The number of hydrogen-bond donors (Lipinski definition) is 1. The summed E-state index contributed by atoms with van der Waals surface area (Å²) < 4.78 is 43.2. The highest BCUT2D eigenvalue weighted by Gasteiger charge is 2.31. The number of rotatable bonds is 4. The summed E-state index contributed by atoms with van der Waals surface area (Å²) in [6, 6.07) is 3.88. The molecule has 0 radical (unpaired) electrons. The van der Waals surface area contributed by atoms with Crippen molar-refractivity contribution in [2.24, 2.45) is 0 Å². The first-order valence-electron chi connectivity index (χ1n) is 9.18. The Labute approximate surface area is 178 Å². The van der Waals surface area contributed by atoms with E-state index in [1.165, 1.54) is 23.7 Å². The van der Waals surface area contributed by atoms with Gasteiger partial charge >= 0.3 is 12.2 Å². The number of thiophene rings is 1. The van der Waals surface area contributed by atoms with E-state index in [1.807, 2.05) is 0 Å². The summed E-state index contributed by atoms with van der Waals surface area (Å²) in [6.45, 7) is 1.49. The second-order valence-electron chi connectivity index (χ2n) is 6.69. The zero-order chi connectivity index (χ0) is 22.0. The van der Waals surface area contributed by atoms with Crippen LogP contribution in [0.3, 0.4) is 0 Å². The molecule has 0 saturated carbocycles. The summed E-state index contributed by atoms with van der Waals surface area (Å²) in [5.41, 5.74) is -0.288. The number of carbonyl (C=O) groups excluding carboxylic acids is 2. The molecule has 12 heteroatoms. The minimum absolute atomic E-state index is 0.0572. The fraction of sp³-hybridized carbons (Fsp3) is 0.263. The Morgan fingerprint density at radius 2 is 1.90 bits per heavy atom. The van der Waals surface area contributed by atoms with Gasteiger partial charge in [-0.1, -0.05) is 0 Å². The normalized spacial score (nSPS) is 14.5. The van der Waals surface area contributed by atoms with Gasteiger partial charge in [0.15, 0.2) is 5.69 Å². The van der Waals surface area contributed by atoms with Gasteiger partial charge in [0.1, 0.15) is 12.1 Å². The first-order chi connectivity index (χ1) is 14.8. The smallest absolute Gasteiger partial charge is 0.417 e. The average Bonchev–Trinajstić information content (AvgIpc) is 3.45. The minimum atomic E-state index is -4.43. The predicted molar refractivity (Wildman–Crippen MR) is 106 cm³/mol. The fourth-order valence-electron chi connectivity index (χ4n) is 3.03. The van der Waals surface area contributed by atoms with Gasteiger partial charge in [-0.25, -0.2) is 4.98 Å². The molecule has 1 saturated heterocycles. The number of alkyl halides is 3. The van der Waals surface area contributed by atoms with Crippen LogP contribution in [-0.4, -0.2) is 52.9 Å². The molecule has 0 aromatic carbocycles. The van der Waals surface area contributed by atoms with E-state index in [0.717, 1.165) is 12.3 Å². The molecule has 8 nitrogen and oxygen atoms in total. The Hall–Kier alpha value is -3.41. The Morgan fingerprint density at radius 3 is 2.52 bits per heavy atom. The molecule has 0 aliphatic carbocycles. The van der Waals surface area contributed by atoms with Crippen LogP contribution in [0.25, 0.3) is 0 Å². The maximum absolute atomic E-state index is 12.7. The number of nitrogens with one attached hydrogen (secondary N) is 1. The van der Waals surface area contributed by atoms with Crippen molar-refractivity contribution in [2.75, 3.05) is 36.4 Å². The highest BCUT2D eigenvalue weighted by atomic mass is 32.1. The van der Waals surface area contributed by atoms with Gasteiger partial charge in [-0.15, -0.1) is 0 Å². The number of nitrogens with zero attached hydrogens (tertiary/aromatic N) is 4. The van der Waals surface area contributed by atoms with Crippen LogP contribution >= 0.6 is 11.3 Å². The van der Waals surface area contributed by atoms with Crippen molar-refractivity contribution in [3.63, 3.8) is 0 Å². The van der Waals surface area contributed by atoms with Gasteiger partial charge in [0.2, 0.25) is 0 Å². The van der Waals surface area contributed by atoms with Crippen molar-refractivity contribution in [3.05, 3.63) is 58.2 Å². The molecule has 1 aliphatic heterocycles. The molecule has 162 valence electrons. The lowest BCUT2D eigenvalue weighted by Crippen LogP contribution is -2.49. The lowest BCUT2D eigenvalue weighted by atomic mass is 10.2. The van der Waals surface area contributed by atoms with Gasteiger partial charge in [-0.2, -0.15) is 29.5 Å². The fourth-order valence-corrected chi connectivity index (χ4v) is 3.67. The number of pyridine rings is 1. The molecular formula is C19H16F3N5O3S. The summed E-state index contributed by atoms with van der Waals surface area (Å²) in [5.74, 6) is -0.334. The Morgan fingerprint density at radius 1 is 1.13 bits per heavy atom. The number of aromatic nitrogens is 2. The average molecular weight is 451 g/mol. The Balaban J connectivity index is 1.33. The second kappa shape index (κ2) is 8.38. The number of piperazine rings is 1. The summed E-state index contributed by atoms with van der Waals surface area (Å²) >= 11 is 1.38. The maximum atomic E-state index is 12.7. The van der Waals surface area contributed by atoms with Crippen LogP contribution in [0.2, 0.25) is 0 Å². The molecular weight excluding hydrogens is 435 g/mol. The summed E-state index contributed by atoms with van der Waals surface area (Å²) in [5, 5.41) is 5.93. The molecule has 3 aromatic rings. The highest BCUT2D eigenvalue weighted by Crippen LogP contribution is 2.29.